The van der Waals surface area contributed by atoms with Crippen LogP contribution in [0.4, 0.5) is 0 Å². The highest BCUT2D eigenvalue weighted by molar-refractivity contribution is 7.54. The molecule has 0 aliphatic rings. The fourth-order valence-electron chi connectivity index (χ4n) is 1.94. The van der Waals surface area contributed by atoms with Gasteiger partial charge in [-0.2, -0.15) is 0 Å². The molecule has 0 saturated carbocycles. The second-order valence-electron chi connectivity index (χ2n) is 4.97. The van der Waals surface area contributed by atoms with E-state index < -0.39 is 7.67 Å². The topological polar surface area (TPSA) is 42.0 Å². The molecule has 0 fully saturated rings. The Labute approximate surface area is 122 Å². The van der Waals surface area contributed by atoms with Crippen LogP contribution in [0.2, 0.25) is 0 Å². The normalized spacial score (nSPS) is 12.2. The summed E-state index contributed by atoms with van der Waals surface area (Å²) in [7, 11) is 5.60. The zero-order valence-electron chi connectivity index (χ0n) is 13.2. The van der Waals surface area contributed by atoms with Crippen molar-refractivity contribution in [1.29, 1.82) is 0 Å². The molecule has 0 atom stereocenters. The van der Waals surface area contributed by atoms with E-state index in [-0.39, 0.29) is 0 Å². The summed E-state index contributed by atoms with van der Waals surface area (Å²) in [4.78, 5) is 0. The Hall–Kier alpha value is -0.870. The lowest BCUT2D eigenvalue weighted by Gasteiger charge is -2.31. The quantitative estimate of drug-likeness (QED) is 0.724. The number of rotatable bonds is 7. The molecule has 0 N–H and O–H groups in total. The molecular weight excluding hydrogens is 275 g/mol. The fraction of sp³-hybridized carbons (Fsp3) is 0.571. The molecule has 1 aromatic rings. The summed E-state index contributed by atoms with van der Waals surface area (Å²) < 4.78 is 27.4. The van der Waals surface area contributed by atoms with Crippen LogP contribution in [0, 0.1) is 0 Å². The first kappa shape index (κ1) is 17.2. The third-order valence-corrected chi connectivity index (χ3v) is 5.52. The van der Waals surface area contributed by atoms with Crippen molar-refractivity contribution in [3.63, 3.8) is 0 Å². The summed E-state index contributed by atoms with van der Waals surface area (Å²) in [6, 6.07) is 5.90. The standard InChI is InChI=1S/C14H25N2O3P/c1-7-12-9-8-10-13(11-18-6)14(12)19-20(17,15(2)3)16(4)5/h8-10H,7,11H2,1-6H3. The van der Waals surface area contributed by atoms with Gasteiger partial charge in [0.05, 0.1) is 6.61 Å². The lowest BCUT2D eigenvalue weighted by molar-refractivity contribution is 0.182. The van der Waals surface area contributed by atoms with Crippen molar-refractivity contribution in [3.8, 4) is 5.75 Å². The minimum Gasteiger partial charge on any atom is -0.421 e. The molecule has 5 nitrogen and oxygen atoms in total. The van der Waals surface area contributed by atoms with Crippen molar-refractivity contribution < 1.29 is 13.8 Å². The maximum Gasteiger partial charge on any atom is 0.394 e. The number of aryl methyl sites for hydroxylation is 1. The summed E-state index contributed by atoms with van der Waals surface area (Å²) in [5.41, 5.74) is 1.94. The smallest absolute Gasteiger partial charge is 0.394 e. The van der Waals surface area contributed by atoms with Crippen LogP contribution in [-0.4, -0.2) is 44.6 Å². The lowest BCUT2D eigenvalue weighted by atomic mass is 10.1. The van der Waals surface area contributed by atoms with Crippen LogP contribution in [0.15, 0.2) is 18.2 Å². The summed E-state index contributed by atoms with van der Waals surface area (Å²) in [5.74, 6) is 0.669. The van der Waals surface area contributed by atoms with E-state index in [1.165, 1.54) is 0 Å². The molecule has 0 saturated heterocycles. The Morgan fingerprint density at radius 1 is 1.10 bits per heavy atom. The molecule has 1 aromatic carbocycles. The molecule has 0 heterocycles. The summed E-state index contributed by atoms with van der Waals surface area (Å²) in [6.07, 6.45) is 0.813. The first-order valence-corrected chi connectivity index (χ1v) is 8.14. The van der Waals surface area contributed by atoms with Crippen LogP contribution in [0.5, 0.6) is 5.75 Å². The van der Waals surface area contributed by atoms with Crippen LogP contribution >= 0.6 is 7.67 Å². The molecule has 0 bridgehead atoms. The number of nitrogens with zero attached hydrogens (tertiary/aromatic N) is 2. The summed E-state index contributed by atoms with van der Waals surface area (Å²) in [5, 5.41) is 0. The maximum absolute atomic E-state index is 13.0. The van der Waals surface area contributed by atoms with E-state index >= 15 is 0 Å². The third kappa shape index (κ3) is 3.61. The molecule has 0 aromatic heterocycles. The number of para-hydroxylation sites is 1. The van der Waals surface area contributed by atoms with Crippen molar-refractivity contribution in [2.45, 2.75) is 20.0 Å². The van der Waals surface area contributed by atoms with E-state index in [0.29, 0.717) is 12.4 Å². The number of hydrogen-bond donors (Lipinski definition) is 0. The van der Waals surface area contributed by atoms with Crippen LogP contribution in [0.25, 0.3) is 0 Å². The first-order valence-electron chi connectivity index (χ1n) is 6.61. The van der Waals surface area contributed by atoms with Gasteiger partial charge in [-0.3, -0.25) is 0 Å². The van der Waals surface area contributed by atoms with Gasteiger partial charge in [-0.25, -0.2) is 13.9 Å². The average Bonchev–Trinajstić information content (AvgIpc) is 2.40. The molecule has 0 spiro atoms. The van der Waals surface area contributed by atoms with E-state index in [1.807, 2.05) is 18.2 Å². The Morgan fingerprint density at radius 2 is 1.65 bits per heavy atom. The molecule has 114 valence electrons. The SMILES string of the molecule is CCc1cccc(COC)c1OP(=O)(N(C)C)N(C)C. The van der Waals surface area contributed by atoms with E-state index in [0.717, 1.165) is 17.5 Å². The highest BCUT2D eigenvalue weighted by atomic mass is 31.2. The Kier molecular flexibility index (Phi) is 6.21. The fourth-order valence-corrected chi connectivity index (χ4v) is 3.46. The van der Waals surface area contributed by atoms with E-state index in [9.17, 15) is 4.57 Å². The predicted octanol–water partition coefficient (Wildman–Crippen LogP) is 3.01. The zero-order valence-corrected chi connectivity index (χ0v) is 14.1. The van der Waals surface area contributed by atoms with Crippen LogP contribution < -0.4 is 4.52 Å². The second kappa shape index (κ2) is 7.23. The largest absolute Gasteiger partial charge is 0.421 e. The second-order valence-corrected chi connectivity index (χ2v) is 7.73. The summed E-state index contributed by atoms with van der Waals surface area (Å²) in [6.45, 7) is 2.49. The van der Waals surface area contributed by atoms with Gasteiger partial charge in [0.25, 0.3) is 0 Å². The highest BCUT2D eigenvalue weighted by Crippen LogP contribution is 2.52. The molecule has 20 heavy (non-hydrogen) atoms. The van der Waals surface area contributed by atoms with Gasteiger partial charge in [0.15, 0.2) is 0 Å². The van der Waals surface area contributed by atoms with Crippen molar-refractivity contribution in [1.82, 2.24) is 9.34 Å². The van der Waals surface area contributed by atoms with Crippen molar-refractivity contribution in [2.24, 2.45) is 0 Å². The van der Waals surface area contributed by atoms with E-state index in [1.54, 1.807) is 44.6 Å². The van der Waals surface area contributed by atoms with Crippen LogP contribution in [0.1, 0.15) is 18.1 Å². The molecule has 0 aliphatic carbocycles. The number of ether oxygens (including phenoxy) is 1. The third-order valence-electron chi connectivity index (χ3n) is 3.08. The van der Waals surface area contributed by atoms with E-state index in [2.05, 4.69) is 6.92 Å². The molecule has 6 heteroatoms. The van der Waals surface area contributed by atoms with Gasteiger partial charge in [-0.05, 0) is 40.2 Å². The van der Waals surface area contributed by atoms with Gasteiger partial charge in [0.2, 0.25) is 0 Å². The molecule has 0 amide bonds. The number of hydrogen-bond acceptors (Lipinski definition) is 3. The highest BCUT2D eigenvalue weighted by Gasteiger charge is 2.32. The van der Waals surface area contributed by atoms with Crippen molar-refractivity contribution in [2.75, 3.05) is 35.3 Å². The maximum atomic E-state index is 13.0. The average molecular weight is 300 g/mol. The molecule has 0 aliphatic heterocycles. The molecular formula is C14H25N2O3P. The van der Waals surface area contributed by atoms with Crippen LogP contribution in [0.3, 0.4) is 0 Å². The van der Waals surface area contributed by atoms with E-state index in [4.69, 9.17) is 9.26 Å². The van der Waals surface area contributed by atoms with Gasteiger partial charge < -0.3 is 9.26 Å². The molecule has 1 rings (SSSR count). The minimum absolute atomic E-state index is 0.435. The van der Waals surface area contributed by atoms with Gasteiger partial charge >= 0.3 is 7.67 Å². The summed E-state index contributed by atoms with van der Waals surface area (Å²) >= 11 is 0. The number of benzene rings is 1. The van der Waals surface area contributed by atoms with Gasteiger partial charge in [0, 0.05) is 12.7 Å². The number of methoxy groups -OCH3 is 1. The predicted molar refractivity (Wildman–Crippen MR) is 82.1 cm³/mol. The van der Waals surface area contributed by atoms with Crippen molar-refractivity contribution >= 4 is 7.67 Å². The van der Waals surface area contributed by atoms with Gasteiger partial charge in [0.1, 0.15) is 5.75 Å². The zero-order chi connectivity index (χ0) is 15.3. The lowest BCUT2D eigenvalue weighted by Crippen LogP contribution is -2.25. The Morgan fingerprint density at radius 3 is 2.10 bits per heavy atom. The first-order chi connectivity index (χ1) is 9.36. The van der Waals surface area contributed by atoms with Crippen molar-refractivity contribution in [3.05, 3.63) is 29.3 Å². The van der Waals surface area contributed by atoms with Gasteiger partial charge in [-0.1, -0.05) is 25.1 Å². The molecule has 0 radical (unpaired) electrons. The van der Waals surface area contributed by atoms with Gasteiger partial charge in [-0.15, -0.1) is 0 Å². The van der Waals surface area contributed by atoms with Crippen LogP contribution in [-0.2, 0) is 22.3 Å². The Bertz CT molecular complexity index is 477. The Balaban J connectivity index is 3.27. The molecule has 0 unspecified atom stereocenters. The monoisotopic (exact) mass is 300 g/mol. The minimum atomic E-state index is -3.06.